The Kier molecular flexibility index (Phi) is 2.69. The van der Waals surface area contributed by atoms with E-state index in [9.17, 15) is 13.6 Å². The van der Waals surface area contributed by atoms with Crippen molar-refractivity contribution in [3.8, 4) is 0 Å². The average Bonchev–Trinajstić information content (AvgIpc) is 3.05. The molecule has 0 spiro atoms. The molecule has 0 aromatic carbocycles. The standard InChI is InChI=1S/C12H12F2N4O/c1-6-4-9(10(13)14)18-11(16-6)8(5-15-18)12(19)17-7-2-3-7/h4-5,7,10H,2-3H2,1H3,(H,17,19). The lowest BCUT2D eigenvalue weighted by Crippen LogP contribution is -2.25. The van der Waals surface area contributed by atoms with Gasteiger partial charge in [-0.2, -0.15) is 5.10 Å². The van der Waals surface area contributed by atoms with E-state index in [1.807, 2.05) is 0 Å². The van der Waals surface area contributed by atoms with Crippen LogP contribution in [-0.4, -0.2) is 26.5 Å². The first-order valence-electron chi connectivity index (χ1n) is 6.00. The number of carbonyl (C=O) groups is 1. The van der Waals surface area contributed by atoms with E-state index < -0.39 is 6.43 Å². The van der Waals surface area contributed by atoms with Crippen molar-refractivity contribution in [3.05, 3.63) is 29.2 Å². The van der Waals surface area contributed by atoms with Crippen molar-refractivity contribution in [2.24, 2.45) is 0 Å². The summed E-state index contributed by atoms with van der Waals surface area (Å²) in [6.45, 7) is 1.61. The quantitative estimate of drug-likeness (QED) is 0.922. The first-order chi connectivity index (χ1) is 9.06. The molecule has 1 aliphatic carbocycles. The molecule has 1 N–H and O–H groups in total. The molecular weight excluding hydrogens is 254 g/mol. The Morgan fingerprint density at radius 3 is 2.89 bits per heavy atom. The third kappa shape index (κ3) is 2.16. The zero-order valence-corrected chi connectivity index (χ0v) is 10.2. The molecule has 2 aromatic heterocycles. The largest absolute Gasteiger partial charge is 0.349 e. The topological polar surface area (TPSA) is 59.3 Å². The molecule has 0 unspecified atom stereocenters. The molecule has 7 heteroatoms. The van der Waals surface area contributed by atoms with Crippen molar-refractivity contribution in [2.75, 3.05) is 0 Å². The molecule has 0 saturated heterocycles. The molecule has 0 bridgehead atoms. The second-order valence-corrected chi connectivity index (χ2v) is 4.66. The Bertz CT molecular complexity index is 648. The number of hydrogen-bond acceptors (Lipinski definition) is 3. The molecule has 0 radical (unpaired) electrons. The van der Waals surface area contributed by atoms with E-state index in [1.165, 1.54) is 12.3 Å². The van der Waals surface area contributed by atoms with Crippen molar-refractivity contribution in [3.63, 3.8) is 0 Å². The monoisotopic (exact) mass is 266 g/mol. The highest BCUT2D eigenvalue weighted by Crippen LogP contribution is 2.23. The molecule has 100 valence electrons. The Morgan fingerprint density at radius 1 is 1.53 bits per heavy atom. The van der Waals surface area contributed by atoms with Crippen molar-refractivity contribution < 1.29 is 13.6 Å². The van der Waals surface area contributed by atoms with Gasteiger partial charge in [-0.15, -0.1) is 0 Å². The van der Waals surface area contributed by atoms with Crippen LogP contribution in [-0.2, 0) is 0 Å². The maximum absolute atomic E-state index is 12.9. The highest BCUT2D eigenvalue weighted by molar-refractivity contribution is 6.00. The van der Waals surface area contributed by atoms with E-state index in [2.05, 4.69) is 15.4 Å². The van der Waals surface area contributed by atoms with Crippen molar-refractivity contribution in [1.82, 2.24) is 19.9 Å². The molecule has 5 nitrogen and oxygen atoms in total. The summed E-state index contributed by atoms with van der Waals surface area (Å²) in [4.78, 5) is 16.1. The van der Waals surface area contributed by atoms with E-state index in [0.717, 1.165) is 17.4 Å². The number of nitrogens with one attached hydrogen (secondary N) is 1. The molecule has 1 saturated carbocycles. The van der Waals surface area contributed by atoms with Crippen LogP contribution in [0.15, 0.2) is 12.3 Å². The Morgan fingerprint density at radius 2 is 2.26 bits per heavy atom. The van der Waals surface area contributed by atoms with Gasteiger partial charge in [-0.3, -0.25) is 4.79 Å². The number of fused-ring (bicyclic) bond motifs is 1. The van der Waals surface area contributed by atoms with Crippen LogP contribution in [0, 0.1) is 6.92 Å². The maximum Gasteiger partial charge on any atom is 0.280 e. The van der Waals surface area contributed by atoms with Gasteiger partial charge in [0.25, 0.3) is 12.3 Å². The smallest absolute Gasteiger partial charge is 0.280 e. The minimum atomic E-state index is -2.66. The highest BCUT2D eigenvalue weighted by atomic mass is 19.3. The number of aromatic nitrogens is 3. The van der Waals surface area contributed by atoms with E-state index >= 15 is 0 Å². The third-order valence-electron chi connectivity index (χ3n) is 3.01. The molecule has 19 heavy (non-hydrogen) atoms. The summed E-state index contributed by atoms with van der Waals surface area (Å²) in [6, 6.07) is 1.47. The average molecular weight is 266 g/mol. The van der Waals surface area contributed by atoms with Gasteiger partial charge in [0.1, 0.15) is 11.3 Å². The van der Waals surface area contributed by atoms with Crippen LogP contribution in [0.25, 0.3) is 5.65 Å². The van der Waals surface area contributed by atoms with Crippen LogP contribution in [0.3, 0.4) is 0 Å². The number of halogens is 2. The Hall–Kier alpha value is -2.05. The second-order valence-electron chi connectivity index (χ2n) is 4.66. The first kappa shape index (κ1) is 12.0. The molecule has 1 aliphatic rings. The molecule has 2 heterocycles. The molecule has 0 aliphatic heterocycles. The minimum Gasteiger partial charge on any atom is -0.349 e. The summed E-state index contributed by atoms with van der Waals surface area (Å²) in [6.07, 6.45) is 0.536. The fourth-order valence-corrected chi connectivity index (χ4v) is 1.92. The Balaban J connectivity index is 2.08. The van der Waals surface area contributed by atoms with Gasteiger partial charge in [-0.25, -0.2) is 18.3 Å². The van der Waals surface area contributed by atoms with E-state index in [4.69, 9.17) is 0 Å². The highest BCUT2D eigenvalue weighted by Gasteiger charge is 2.26. The van der Waals surface area contributed by atoms with Gasteiger partial charge in [-0.1, -0.05) is 0 Å². The zero-order chi connectivity index (χ0) is 13.6. The van der Waals surface area contributed by atoms with Gasteiger partial charge < -0.3 is 5.32 Å². The van der Waals surface area contributed by atoms with Gasteiger partial charge in [0.05, 0.1) is 6.20 Å². The summed E-state index contributed by atoms with van der Waals surface area (Å²) in [5.74, 6) is -0.309. The summed E-state index contributed by atoms with van der Waals surface area (Å²) in [5, 5.41) is 6.64. The number of hydrogen-bond donors (Lipinski definition) is 1. The fraction of sp³-hybridized carbons (Fsp3) is 0.417. The fourth-order valence-electron chi connectivity index (χ4n) is 1.92. The lowest BCUT2D eigenvalue weighted by Gasteiger charge is -2.06. The van der Waals surface area contributed by atoms with Gasteiger partial charge in [0.2, 0.25) is 0 Å². The van der Waals surface area contributed by atoms with Crippen LogP contribution in [0.1, 0.15) is 41.0 Å². The van der Waals surface area contributed by atoms with Crippen LogP contribution < -0.4 is 5.32 Å². The van der Waals surface area contributed by atoms with Crippen molar-refractivity contribution >= 4 is 11.6 Å². The number of alkyl halides is 2. The first-order valence-corrected chi connectivity index (χ1v) is 6.00. The maximum atomic E-state index is 12.9. The lowest BCUT2D eigenvalue weighted by atomic mass is 10.3. The van der Waals surface area contributed by atoms with E-state index in [1.54, 1.807) is 6.92 Å². The van der Waals surface area contributed by atoms with Gasteiger partial charge in [0.15, 0.2) is 5.65 Å². The van der Waals surface area contributed by atoms with E-state index in [-0.39, 0.29) is 28.9 Å². The molecular formula is C12H12F2N4O. The van der Waals surface area contributed by atoms with Crippen molar-refractivity contribution in [2.45, 2.75) is 32.2 Å². The van der Waals surface area contributed by atoms with Gasteiger partial charge >= 0.3 is 0 Å². The number of aryl methyl sites for hydroxylation is 1. The summed E-state index contributed by atoms with van der Waals surface area (Å²) >= 11 is 0. The molecule has 2 aromatic rings. The predicted molar refractivity (Wildman–Crippen MR) is 63.2 cm³/mol. The molecule has 1 fully saturated rings. The van der Waals surface area contributed by atoms with Crippen molar-refractivity contribution in [1.29, 1.82) is 0 Å². The lowest BCUT2D eigenvalue weighted by molar-refractivity contribution is 0.0952. The van der Waals surface area contributed by atoms with E-state index in [0.29, 0.717) is 5.69 Å². The number of carbonyl (C=O) groups excluding carboxylic acids is 1. The molecule has 3 rings (SSSR count). The van der Waals surface area contributed by atoms with Crippen LogP contribution >= 0.6 is 0 Å². The zero-order valence-electron chi connectivity index (χ0n) is 10.2. The van der Waals surface area contributed by atoms with Gasteiger partial charge in [0, 0.05) is 11.7 Å². The normalized spacial score (nSPS) is 15.2. The molecule has 1 amide bonds. The summed E-state index contributed by atoms with van der Waals surface area (Å²) < 4.78 is 26.9. The SMILES string of the molecule is Cc1cc(C(F)F)n2ncc(C(=O)NC3CC3)c2n1. The minimum absolute atomic E-state index is 0.174. The summed E-state index contributed by atoms with van der Waals surface area (Å²) in [5.41, 5.74) is 0.586. The third-order valence-corrected chi connectivity index (χ3v) is 3.01. The van der Waals surface area contributed by atoms with Crippen LogP contribution in [0.4, 0.5) is 8.78 Å². The Labute approximate surface area is 107 Å². The van der Waals surface area contributed by atoms with Gasteiger partial charge in [-0.05, 0) is 25.8 Å². The van der Waals surface area contributed by atoms with Crippen LogP contribution in [0.2, 0.25) is 0 Å². The second kappa shape index (κ2) is 4.25. The number of nitrogens with zero attached hydrogens (tertiary/aromatic N) is 3. The predicted octanol–water partition coefficient (Wildman–Crippen LogP) is 1.87. The summed E-state index contributed by atoms with van der Waals surface area (Å²) in [7, 11) is 0. The number of rotatable bonds is 3. The van der Waals surface area contributed by atoms with Crippen LogP contribution in [0.5, 0.6) is 0 Å². The number of amides is 1. The molecule has 0 atom stereocenters.